The van der Waals surface area contributed by atoms with E-state index >= 15 is 0 Å². The number of nitrogens with two attached hydrogens (primary N) is 1. The van der Waals surface area contributed by atoms with Gasteiger partial charge in [0.15, 0.2) is 0 Å². The van der Waals surface area contributed by atoms with Crippen LogP contribution in [0.2, 0.25) is 0 Å². The zero-order valence-electron chi connectivity index (χ0n) is 14.8. The summed E-state index contributed by atoms with van der Waals surface area (Å²) >= 11 is 0. The fourth-order valence-electron chi connectivity index (χ4n) is 3.56. The van der Waals surface area contributed by atoms with Gasteiger partial charge in [0.25, 0.3) is 0 Å². The number of hydrogen-bond donors (Lipinski definition) is 2. The molecule has 2 fully saturated rings. The van der Waals surface area contributed by atoms with Crippen LogP contribution in [0.1, 0.15) is 46.0 Å². The molecular weight excluding hydrogens is 308 g/mol. The van der Waals surface area contributed by atoms with Gasteiger partial charge in [0.2, 0.25) is 17.7 Å². The molecule has 2 aliphatic heterocycles. The van der Waals surface area contributed by atoms with Crippen LogP contribution in [0.3, 0.4) is 0 Å². The number of amides is 3. The molecule has 0 aromatic rings. The van der Waals surface area contributed by atoms with Gasteiger partial charge in [-0.05, 0) is 38.0 Å². The minimum absolute atomic E-state index is 0.0435. The number of carbonyl (C=O) groups is 3. The van der Waals surface area contributed by atoms with E-state index in [-0.39, 0.29) is 18.4 Å². The third-order valence-electron chi connectivity index (χ3n) is 4.83. The standard InChI is InChI=1S/C17H30N4O3/c1-12(2)10-13(19-11-15(22)20-7-3-4-8-20)17(24)21-9-5-6-14(21)16(18)23/h12-14,19H,3-11H2,1-2H3,(H2,18,23). The summed E-state index contributed by atoms with van der Waals surface area (Å²) in [5.74, 6) is -0.207. The first-order chi connectivity index (χ1) is 11.4. The van der Waals surface area contributed by atoms with Crippen LogP contribution in [-0.2, 0) is 14.4 Å². The summed E-state index contributed by atoms with van der Waals surface area (Å²) in [5, 5.41) is 3.13. The number of hydrogen-bond acceptors (Lipinski definition) is 4. The van der Waals surface area contributed by atoms with Crippen molar-refractivity contribution in [2.24, 2.45) is 11.7 Å². The molecule has 2 aliphatic rings. The van der Waals surface area contributed by atoms with Crippen molar-refractivity contribution in [3.63, 3.8) is 0 Å². The zero-order valence-corrected chi connectivity index (χ0v) is 14.8. The lowest BCUT2D eigenvalue weighted by atomic mass is 10.0. The molecule has 7 heteroatoms. The second-order valence-electron chi connectivity index (χ2n) is 7.24. The highest BCUT2D eigenvalue weighted by atomic mass is 16.2. The molecule has 2 unspecified atom stereocenters. The highest BCUT2D eigenvalue weighted by Gasteiger charge is 2.36. The topological polar surface area (TPSA) is 95.7 Å². The molecule has 2 atom stereocenters. The SMILES string of the molecule is CC(C)CC(NCC(=O)N1CCCC1)C(=O)N1CCCC1C(N)=O. The highest BCUT2D eigenvalue weighted by molar-refractivity contribution is 5.90. The normalized spacial score (nSPS) is 22.2. The Hall–Kier alpha value is -1.63. The Morgan fingerprint density at radius 1 is 1.12 bits per heavy atom. The van der Waals surface area contributed by atoms with Gasteiger partial charge < -0.3 is 15.5 Å². The lowest BCUT2D eigenvalue weighted by Gasteiger charge is -2.29. The minimum Gasteiger partial charge on any atom is -0.368 e. The Kier molecular flexibility index (Phi) is 6.60. The highest BCUT2D eigenvalue weighted by Crippen LogP contribution is 2.20. The van der Waals surface area contributed by atoms with E-state index in [1.54, 1.807) is 4.90 Å². The zero-order chi connectivity index (χ0) is 17.7. The van der Waals surface area contributed by atoms with E-state index in [4.69, 9.17) is 5.73 Å². The van der Waals surface area contributed by atoms with Crippen LogP contribution in [-0.4, -0.2) is 65.8 Å². The molecule has 0 radical (unpaired) electrons. The third kappa shape index (κ3) is 4.69. The Balaban J connectivity index is 1.97. The predicted octanol–water partition coefficient (Wildman–Crippen LogP) is 0.0894. The smallest absolute Gasteiger partial charge is 0.240 e. The molecule has 2 heterocycles. The van der Waals surface area contributed by atoms with Gasteiger partial charge in [0.1, 0.15) is 6.04 Å². The fourth-order valence-corrected chi connectivity index (χ4v) is 3.56. The number of nitrogens with one attached hydrogen (secondary N) is 1. The Morgan fingerprint density at radius 3 is 2.38 bits per heavy atom. The van der Waals surface area contributed by atoms with E-state index < -0.39 is 18.0 Å². The molecule has 0 bridgehead atoms. The van der Waals surface area contributed by atoms with Gasteiger partial charge in [0, 0.05) is 19.6 Å². The van der Waals surface area contributed by atoms with Crippen LogP contribution < -0.4 is 11.1 Å². The maximum Gasteiger partial charge on any atom is 0.240 e. The molecule has 2 rings (SSSR count). The molecule has 0 spiro atoms. The molecule has 2 saturated heterocycles. The van der Waals surface area contributed by atoms with E-state index in [1.807, 2.05) is 18.7 Å². The Bertz CT molecular complexity index is 474. The first-order valence-corrected chi connectivity index (χ1v) is 9.01. The summed E-state index contributed by atoms with van der Waals surface area (Å²) in [6.07, 6.45) is 4.15. The van der Waals surface area contributed by atoms with E-state index in [0.29, 0.717) is 25.3 Å². The van der Waals surface area contributed by atoms with Crippen molar-refractivity contribution in [3.05, 3.63) is 0 Å². The second-order valence-corrected chi connectivity index (χ2v) is 7.24. The first-order valence-electron chi connectivity index (χ1n) is 9.01. The predicted molar refractivity (Wildman–Crippen MR) is 91.0 cm³/mol. The molecule has 0 aromatic carbocycles. The van der Waals surface area contributed by atoms with Gasteiger partial charge in [-0.25, -0.2) is 0 Å². The summed E-state index contributed by atoms with van der Waals surface area (Å²) in [5.41, 5.74) is 5.42. The molecular formula is C17H30N4O3. The van der Waals surface area contributed by atoms with E-state index in [9.17, 15) is 14.4 Å². The van der Waals surface area contributed by atoms with Crippen LogP contribution in [0.4, 0.5) is 0 Å². The largest absolute Gasteiger partial charge is 0.368 e. The van der Waals surface area contributed by atoms with Crippen LogP contribution in [0.25, 0.3) is 0 Å². The number of rotatable bonds is 7. The number of nitrogens with zero attached hydrogens (tertiary/aromatic N) is 2. The van der Waals surface area contributed by atoms with Crippen molar-refractivity contribution in [1.82, 2.24) is 15.1 Å². The lowest BCUT2D eigenvalue weighted by Crippen LogP contribution is -2.53. The summed E-state index contributed by atoms with van der Waals surface area (Å²) in [4.78, 5) is 40.1. The number of likely N-dealkylation sites (tertiary alicyclic amines) is 2. The molecule has 24 heavy (non-hydrogen) atoms. The van der Waals surface area contributed by atoms with Crippen LogP contribution in [0, 0.1) is 5.92 Å². The van der Waals surface area contributed by atoms with Gasteiger partial charge in [-0.3, -0.25) is 19.7 Å². The maximum atomic E-state index is 12.9. The average molecular weight is 338 g/mol. The van der Waals surface area contributed by atoms with Crippen molar-refractivity contribution < 1.29 is 14.4 Å². The molecule has 3 N–H and O–H groups in total. The fraction of sp³-hybridized carbons (Fsp3) is 0.824. The Morgan fingerprint density at radius 2 is 1.79 bits per heavy atom. The van der Waals surface area contributed by atoms with Gasteiger partial charge in [-0.2, -0.15) is 0 Å². The van der Waals surface area contributed by atoms with Gasteiger partial charge in [-0.1, -0.05) is 13.8 Å². The average Bonchev–Trinajstić information content (AvgIpc) is 3.20. The van der Waals surface area contributed by atoms with Crippen molar-refractivity contribution in [2.45, 2.75) is 58.0 Å². The van der Waals surface area contributed by atoms with E-state index in [2.05, 4.69) is 5.32 Å². The molecule has 0 aromatic heterocycles. The van der Waals surface area contributed by atoms with Crippen LogP contribution >= 0.6 is 0 Å². The second kappa shape index (κ2) is 8.46. The van der Waals surface area contributed by atoms with Crippen LogP contribution in [0.15, 0.2) is 0 Å². The number of primary amides is 1. The molecule has 0 aliphatic carbocycles. The summed E-state index contributed by atoms with van der Waals surface area (Å²) in [6, 6.07) is -0.959. The number of carbonyl (C=O) groups excluding carboxylic acids is 3. The molecule has 7 nitrogen and oxygen atoms in total. The molecule has 0 saturated carbocycles. The minimum atomic E-state index is -0.511. The monoisotopic (exact) mass is 338 g/mol. The summed E-state index contributed by atoms with van der Waals surface area (Å²) < 4.78 is 0. The van der Waals surface area contributed by atoms with E-state index in [1.165, 1.54) is 0 Å². The van der Waals surface area contributed by atoms with Gasteiger partial charge in [0.05, 0.1) is 12.6 Å². The molecule has 3 amide bonds. The van der Waals surface area contributed by atoms with Gasteiger partial charge >= 0.3 is 0 Å². The summed E-state index contributed by atoms with van der Waals surface area (Å²) in [6.45, 7) is 6.42. The van der Waals surface area contributed by atoms with Crippen molar-refractivity contribution in [2.75, 3.05) is 26.2 Å². The van der Waals surface area contributed by atoms with Crippen molar-refractivity contribution >= 4 is 17.7 Å². The first kappa shape index (κ1) is 18.7. The van der Waals surface area contributed by atoms with Gasteiger partial charge in [-0.15, -0.1) is 0 Å². The quantitative estimate of drug-likeness (QED) is 0.688. The lowest BCUT2D eigenvalue weighted by molar-refractivity contribution is -0.139. The molecule has 136 valence electrons. The van der Waals surface area contributed by atoms with Crippen LogP contribution in [0.5, 0.6) is 0 Å². The summed E-state index contributed by atoms with van der Waals surface area (Å²) in [7, 11) is 0. The Labute approximate surface area is 143 Å². The van der Waals surface area contributed by atoms with E-state index in [0.717, 1.165) is 32.4 Å². The van der Waals surface area contributed by atoms with Crippen molar-refractivity contribution in [3.8, 4) is 0 Å². The van der Waals surface area contributed by atoms with Crippen molar-refractivity contribution in [1.29, 1.82) is 0 Å². The maximum absolute atomic E-state index is 12.9. The third-order valence-corrected chi connectivity index (χ3v) is 4.83.